The number of hydrogen-bond acceptors (Lipinski definition) is 9. The Morgan fingerprint density at radius 1 is 0.906 bits per heavy atom. The molecule has 4 aromatic rings. The minimum Gasteiger partial charge on any atom is -0.395 e. The van der Waals surface area contributed by atoms with Gasteiger partial charge in [-0.1, -0.05) is 0 Å². The molecule has 1 saturated heterocycles. The van der Waals surface area contributed by atoms with Crippen LogP contribution < -0.4 is 4.90 Å². The molecular formula is C20H19FN10O. The van der Waals surface area contributed by atoms with Crippen LogP contribution in [0.5, 0.6) is 0 Å². The van der Waals surface area contributed by atoms with Gasteiger partial charge in [0.05, 0.1) is 17.4 Å². The zero-order chi connectivity index (χ0) is 22.5. The van der Waals surface area contributed by atoms with Gasteiger partial charge in [-0.15, -0.1) is 0 Å². The fraction of sp³-hybridized carbons (Fsp3) is 0.300. The molecule has 12 heteroatoms. The summed E-state index contributed by atoms with van der Waals surface area (Å²) in [5.74, 6) is 0.288. The number of anilines is 1. The van der Waals surface area contributed by atoms with E-state index in [-0.39, 0.29) is 12.3 Å². The molecule has 162 valence electrons. The molecule has 0 radical (unpaired) electrons. The van der Waals surface area contributed by atoms with Gasteiger partial charge in [0, 0.05) is 32.7 Å². The van der Waals surface area contributed by atoms with Gasteiger partial charge in [-0.05, 0) is 24.3 Å². The summed E-state index contributed by atoms with van der Waals surface area (Å²) in [5.41, 5.74) is 1.56. The number of halogens is 1. The number of aliphatic hydroxyl groups is 1. The molecule has 3 N–H and O–H groups in total. The number of hydrogen-bond donors (Lipinski definition) is 3. The molecule has 0 aliphatic carbocycles. The van der Waals surface area contributed by atoms with E-state index in [9.17, 15) is 4.39 Å². The maximum Gasteiger partial charge on any atom is 0.214 e. The zero-order valence-corrected chi connectivity index (χ0v) is 17.0. The highest BCUT2D eigenvalue weighted by atomic mass is 19.1. The molecule has 0 atom stereocenters. The Morgan fingerprint density at radius 3 is 2.09 bits per heavy atom. The van der Waals surface area contributed by atoms with Crippen LogP contribution in [0.2, 0.25) is 0 Å². The second-order valence-electron chi connectivity index (χ2n) is 7.02. The van der Waals surface area contributed by atoms with E-state index < -0.39 is 5.95 Å². The number of rotatable bonds is 3. The maximum absolute atomic E-state index is 12.5. The van der Waals surface area contributed by atoms with Gasteiger partial charge in [0.1, 0.15) is 29.3 Å². The number of β-amino-alcohol motifs (C(OH)–C–C–N with tert-alkyl or cyclic N) is 1. The Morgan fingerprint density at radius 2 is 1.50 bits per heavy atom. The SMILES string of the molecule is N#Cc1[nH]nc2nc(F)ccc12.N#Cc1[nH]nc2nc(N3CCN(CCO)CC3)ccc12. The molecule has 5 heterocycles. The third-order valence-electron chi connectivity index (χ3n) is 5.12. The molecule has 0 bridgehead atoms. The number of aliphatic hydroxyl groups excluding tert-OH is 1. The monoisotopic (exact) mass is 434 g/mol. The van der Waals surface area contributed by atoms with Gasteiger partial charge in [-0.3, -0.25) is 15.1 Å². The highest BCUT2D eigenvalue weighted by Crippen LogP contribution is 2.20. The fourth-order valence-corrected chi connectivity index (χ4v) is 3.45. The summed E-state index contributed by atoms with van der Waals surface area (Å²) < 4.78 is 12.5. The summed E-state index contributed by atoms with van der Waals surface area (Å²) >= 11 is 0. The van der Waals surface area contributed by atoms with E-state index in [1.54, 1.807) is 0 Å². The quantitative estimate of drug-likeness (QED) is 0.399. The summed E-state index contributed by atoms with van der Waals surface area (Å²) in [7, 11) is 0. The number of fused-ring (bicyclic) bond motifs is 2. The number of pyridine rings is 2. The van der Waals surface area contributed by atoms with Crippen molar-refractivity contribution in [1.29, 1.82) is 10.5 Å². The van der Waals surface area contributed by atoms with E-state index in [2.05, 4.69) is 46.2 Å². The summed E-state index contributed by atoms with van der Waals surface area (Å²) in [6.45, 7) is 4.54. The van der Waals surface area contributed by atoms with Crippen LogP contribution in [0.25, 0.3) is 22.1 Å². The second-order valence-corrected chi connectivity index (χ2v) is 7.02. The van der Waals surface area contributed by atoms with Crippen molar-refractivity contribution < 1.29 is 9.50 Å². The normalized spacial score (nSPS) is 14.1. The van der Waals surface area contributed by atoms with E-state index in [0.717, 1.165) is 43.9 Å². The van der Waals surface area contributed by atoms with Crippen LogP contribution in [0, 0.1) is 28.6 Å². The van der Waals surface area contributed by atoms with Crippen LogP contribution in [-0.4, -0.2) is 79.7 Å². The van der Waals surface area contributed by atoms with Gasteiger partial charge >= 0.3 is 0 Å². The van der Waals surface area contributed by atoms with Crippen LogP contribution in [0.1, 0.15) is 11.4 Å². The average Bonchev–Trinajstić information content (AvgIpc) is 3.42. The molecule has 11 nitrogen and oxygen atoms in total. The van der Waals surface area contributed by atoms with Gasteiger partial charge in [-0.2, -0.15) is 30.1 Å². The first-order valence-corrected chi connectivity index (χ1v) is 9.87. The molecule has 1 aliphatic rings. The van der Waals surface area contributed by atoms with Crippen molar-refractivity contribution in [2.75, 3.05) is 44.2 Å². The van der Waals surface area contributed by atoms with E-state index in [0.29, 0.717) is 22.4 Å². The largest absolute Gasteiger partial charge is 0.395 e. The smallest absolute Gasteiger partial charge is 0.214 e. The number of nitrogens with zero attached hydrogens (tertiary/aromatic N) is 8. The Labute approximate surface area is 181 Å². The molecule has 1 fully saturated rings. The first-order chi connectivity index (χ1) is 15.6. The number of nitriles is 2. The molecular weight excluding hydrogens is 415 g/mol. The molecule has 0 spiro atoms. The second kappa shape index (κ2) is 9.34. The lowest BCUT2D eigenvalue weighted by atomic mass is 10.2. The highest BCUT2D eigenvalue weighted by molar-refractivity contribution is 5.82. The first kappa shape index (κ1) is 21.1. The Hall–Kier alpha value is -4.13. The minimum absolute atomic E-state index is 0.203. The standard InChI is InChI=1S/C13H16N6O.C7H3FN4/c14-9-11-10-1-2-12(15-13(10)17-16-11)19-5-3-18(4-6-19)7-8-20;8-6-2-1-4-5(3-9)11-12-7(4)10-6/h1-2,20H,3-8H2,(H,15,16,17);1-2H,(H,10,11,12). The number of nitrogens with one attached hydrogen (secondary N) is 2. The summed E-state index contributed by atoms with van der Waals surface area (Å²) in [4.78, 5) is 12.4. The number of piperazine rings is 1. The molecule has 5 rings (SSSR count). The van der Waals surface area contributed by atoms with E-state index >= 15 is 0 Å². The average molecular weight is 434 g/mol. The third kappa shape index (κ3) is 4.32. The van der Waals surface area contributed by atoms with Gasteiger partial charge in [0.2, 0.25) is 5.95 Å². The van der Waals surface area contributed by atoms with Crippen LogP contribution in [-0.2, 0) is 0 Å². The predicted octanol–water partition coefficient (Wildman–Crippen LogP) is 0.913. The van der Waals surface area contributed by atoms with Gasteiger partial charge in [0.25, 0.3) is 0 Å². The van der Waals surface area contributed by atoms with Gasteiger partial charge < -0.3 is 10.0 Å². The van der Waals surface area contributed by atoms with E-state index in [1.807, 2.05) is 18.2 Å². The molecule has 0 saturated carbocycles. The lowest BCUT2D eigenvalue weighted by molar-refractivity contribution is 0.188. The van der Waals surface area contributed by atoms with Crippen molar-refractivity contribution in [2.45, 2.75) is 0 Å². The van der Waals surface area contributed by atoms with Crippen molar-refractivity contribution in [3.8, 4) is 12.1 Å². The van der Waals surface area contributed by atoms with Crippen molar-refractivity contribution in [3.05, 3.63) is 41.6 Å². The zero-order valence-electron chi connectivity index (χ0n) is 17.0. The van der Waals surface area contributed by atoms with Crippen molar-refractivity contribution in [1.82, 2.24) is 35.3 Å². The molecule has 0 aromatic carbocycles. The lowest BCUT2D eigenvalue weighted by Gasteiger charge is -2.34. The number of H-pyrrole nitrogens is 2. The summed E-state index contributed by atoms with van der Waals surface area (Å²) in [6, 6.07) is 10.4. The van der Waals surface area contributed by atoms with Crippen LogP contribution in [0.3, 0.4) is 0 Å². The van der Waals surface area contributed by atoms with Crippen LogP contribution in [0.15, 0.2) is 24.3 Å². The van der Waals surface area contributed by atoms with E-state index in [1.165, 1.54) is 12.1 Å². The lowest BCUT2D eigenvalue weighted by Crippen LogP contribution is -2.47. The summed E-state index contributed by atoms with van der Waals surface area (Å²) in [6.07, 6.45) is 0. The Kier molecular flexibility index (Phi) is 6.17. The van der Waals surface area contributed by atoms with Crippen molar-refractivity contribution in [2.24, 2.45) is 0 Å². The number of aromatic amines is 2. The molecule has 4 aromatic heterocycles. The van der Waals surface area contributed by atoms with Crippen molar-refractivity contribution >= 4 is 27.9 Å². The fourth-order valence-electron chi connectivity index (χ4n) is 3.45. The topological polar surface area (TPSA) is 157 Å². The number of aromatic nitrogens is 6. The molecule has 0 amide bonds. The van der Waals surface area contributed by atoms with Gasteiger partial charge in [-0.25, -0.2) is 4.98 Å². The van der Waals surface area contributed by atoms with Crippen LogP contribution >= 0.6 is 0 Å². The Bertz CT molecular complexity index is 1310. The first-order valence-electron chi connectivity index (χ1n) is 9.87. The van der Waals surface area contributed by atoms with Crippen molar-refractivity contribution in [3.63, 3.8) is 0 Å². The minimum atomic E-state index is -0.599. The molecule has 0 unspecified atom stereocenters. The molecule has 1 aliphatic heterocycles. The third-order valence-corrected chi connectivity index (χ3v) is 5.12. The highest BCUT2D eigenvalue weighted by Gasteiger charge is 2.18. The molecule has 32 heavy (non-hydrogen) atoms. The predicted molar refractivity (Wildman–Crippen MR) is 113 cm³/mol. The van der Waals surface area contributed by atoms with Gasteiger partial charge in [0.15, 0.2) is 11.3 Å². The van der Waals surface area contributed by atoms with E-state index in [4.69, 9.17) is 15.6 Å². The summed E-state index contributed by atoms with van der Waals surface area (Å²) in [5, 5.41) is 40.6. The van der Waals surface area contributed by atoms with Crippen LogP contribution in [0.4, 0.5) is 10.2 Å². The maximum atomic E-state index is 12.5. The Balaban J connectivity index is 0.000000174.